The van der Waals surface area contributed by atoms with Gasteiger partial charge in [-0.2, -0.15) is 0 Å². The zero-order chi connectivity index (χ0) is 20.9. The molecule has 0 atom stereocenters. The minimum atomic E-state index is -0.235. The maximum absolute atomic E-state index is 14.0. The molecule has 1 fully saturated rings. The Bertz CT molecular complexity index is 1040. The number of benzene rings is 2. The van der Waals surface area contributed by atoms with Gasteiger partial charge in [0.1, 0.15) is 11.6 Å². The lowest BCUT2D eigenvalue weighted by molar-refractivity contribution is -0.126. The molecule has 2 aromatic carbocycles. The third-order valence-corrected chi connectivity index (χ3v) is 6.27. The van der Waals surface area contributed by atoms with E-state index in [1.807, 2.05) is 53.4 Å². The van der Waals surface area contributed by atoms with E-state index >= 15 is 0 Å². The highest BCUT2D eigenvalue weighted by atomic mass is 32.1. The number of rotatable bonds is 5. The molecule has 1 aromatic heterocycles. The van der Waals surface area contributed by atoms with Gasteiger partial charge in [-0.05, 0) is 48.5 Å². The van der Waals surface area contributed by atoms with E-state index in [-0.39, 0.29) is 11.7 Å². The number of amides is 1. The molecule has 30 heavy (non-hydrogen) atoms. The molecule has 1 aliphatic heterocycles. The normalized spacial score (nSPS) is 14.3. The van der Waals surface area contributed by atoms with Crippen molar-refractivity contribution in [2.45, 2.75) is 0 Å². The van der Waals surface area contributed by atoms with Crippen LogP contribution in [0.1, 0.15) is 4.88 Å². The molecule has 4 rings (SSSR count). The molecule has 0 saturated carbocycles. The molecule has 4 nitrogen and oxygen atoms in total. The second-order valence-corrected chi connectivity index (χ2v) is 8.14. The van der Waals surface area contributed by atoms with Crippen LogP contribution in [0.15, 0.2) is 66.7 Å². The molecule has 154 valence electrons. The molecule has 0 bridgehead atoms. The highest BCUT2D eigenvalue weighted by Crippen LogP contribution is 2.30. The Labute approximate surface area is 179 Å². The Morgan fingerprint density at radius 1 is 1.00 bits per heavy atom. The predicted molar refractivity (Wildman–Crippen MR) is 121 cm³/mol. The van der Waals surface area contributed by atoms with Crippen LogP contribution in [0.5, 0.6) is 5.75 Å². The number of thiophene rings is 1. The van der Waals surface area contributed by atoms with Crippen LogP contribution in [0.4, 0.5) is 10.1 Å². The summed E-state index contributed by atoms with van der Waals surface area (Å²) in [5, 5.41) is 0. The zero-order valence-corrected chi connectivity index (χ0v) is 17.6. The van der Waals surface area contributed by atoms with Crippen LogP contribution >= 0.6 is 11.3 Å². The summed E-state index contributed by atoms with van der Waals surface area (Å²) < 4.78 is 19.2. The quantitative estimate of drug-likeness (QED) is 0.547. The van der Waals surface area contributed by atoms with Crippen LogP contribution in [0, 0.1) is 5.82 Å². The van der Waals surface area contributed by atoms with E-state index in [0.29, 0.717) is 18.7 Å². The first-order valence-electron chi connectivity index (χ1n) is 9.85. The fraction of sp³-hybridized carbons (Fsp3) is 0.208. The number of anilines is 1. The second-order valence-electron chi connectivity index (χ2n) is 7.03. The summed E-state index contributed by atoms with van der Waals surface area (Å²) in [4.78, 5) is 18.5. The summed E-state index contributed by atoms with van der Waals surface area (Å²) in [5.41, 5.74) is 1.72. The Morgan fingerprint density at radius 3 is 2.43 bits per heavy atom. The molecule has 2 heterocycles. The van der Waals surface area contributed by atoms with Gasteiger partial charge in [-0.1, -0.05) is 18.2 Å². The van der Waals surface area contributed by atoms with Gasteiger partial charge in [0.25, 0.3) is 0 Å². The van der Waals surface area contributed by atoms with Crippen LogP contribution in [0.2, 0.25) is 0 Å². The van der Waals surface area contributed by atoms with Crippen LogP contribution in [-0.4, -0.2) is 44.1 Å². The first kappa shape index (κ1) is 20.2. The van der Waals surface area contributed by atoms with Gasteiger partial charge in [-0.15, -0.1) is 11.3 Å². The molecular weight excluding hydrogens is 399 g/mol. The average molecular weight is 423 g/mol. The topological polar surface area (TPSA) is 32.8 Å². The van der Waals surface area contributed by atoms with Crippen molar-refractivity contribution in [1.29, 1.82) is 0 Å². The smallest absolute Gasteiger partial charge is 0.246 e. The molecule has 3 aromatic rings. The van der Waals surface area contributed by atoms with Crippen molar-refractivity contribution in [1.82, 2.24) is 4.90 Å². The summed E-state index contributed by atoms with van der Waals surface area (Å²) in [6.07, 6.45) is 3.42. The number of methoxy groups -OCH3 is 1. The van der Waals surface area contributed by atoms with Crippen molar-refractivity contribution in [3.8, 4) is 16.2 Å². The first-order chi connectivity index (χ1) is 14.6. The van der Waals surface area contributed by atoms with Crippen LogP contribution in [-0.2, 0) is 4.79 Å². The molecular formula is C24H23FN2O2S. The van der Waals surface area contributed by atoms with E-state index in [1.165, 1.54) is 17.4 Å². The second kappa shape index (κ2) is 9.13. The van der Waals surface area contributed by atoms with Crippen LogP contribution in [0.3, 0.4) is 0 Å². The largest absolute Gasteiger partial charge is 0.497 e. The lowest BCUT2D eigenvalue weighted by Crippen LogP contribution is -2.48. The van der Waals surface area contributed by atoms with E-state index in [0.717, 1.165) is 34.3 Å². The summed E-state index contributed by atoms with van der Waals surface area (Å²) in [6, 6.07) is 18.5. The highest BCUT2D eigenvalue weighted by Gasteiger charge is 2.20. The maximum Gasteiger partial charge on any atom is 0.246 e. The predicted octanol–water partition coefficient (Wildman–Crippen LogP) is 4.92. The molecule has 6 heteroatoms. The SMILES string of the molecule is COc1ccc(N2CCN(C(=O)/C=C/c3ccc(-c4ccccc4F)s3)CC2)cc1. The summed E-state index contributed by atoms with van der Waals surface area (Å²) in [6.45, 7) is 2.95. The summed E-state index contributed by atoms with van der Waals surface area (Å²) in [7, 11) is 1.66. The van der Waals surface area contributed by atoms with Crippen LogP contribution < -0.4 is 9.64 Å². The highest BCUT2D eigenvalue weighted by molar-refractivity contribution is 7.16. The molecule has 0 spiro atoms. The minimum absolute atomic E-state index is 0.00484. The number of carbonyl (C=O) groups is 1. The van der Waals surface area contributed by atoms with Crippen molar-refractivity contribution in [2.75, 3.05) is 38.2 Å². The summed E-state index contributed by atoms with van der Waals surface area (Å²) >= 11 is 1.47. The molecule has 0 aliphatic carbocycles. The van der Waals surface area contributed by atoms with Gasteiger partial charge in [0.05, 0.1) is 7.11 Å². The van der Waals surface area contributed by atoms with Crippen molar-refractivity contribution in [3.05, 3.63) is 77.4 Å². The van der Waals surface area contributed by atoms with Crippen molar-refractivity contribution >= 4 is 29.0 Å². The van der Waals surface area contributed by atoms with Gasteiger partial charge in [-0.25, -0.2) is 4.39 Å². The monoisotopic (exact) mass is 422 g/mol. The van der Waals surface area contributed by atoms with E-state index in [1.54, 1.807) is 25.3 Å². The Morgan fingerprint density at radius 2 is 1.73 bits per heavy atom. The molecule has 0 radical (unpaired) electrons. The van der Waals surface area contributed by atoms with Gasteiger partial charge >= 0.3 is 0 Å². The van der Waals surface area contributed by atoms with Gasteiger partial charge in [0.2, 0.25) is 5.91 Å². The zero-order valence-electron chi connectivity index (χ0n) is 16.8. The van der Waals surface area contributed by atoms with E-state index in [9.17, 15) is 9.18 Å². The van der Waals surface area contributed by atoms with Gasteiger partial charge in [0, 0.05) is 53.3 Å². The average Bonchev–Trinajstić information content (AvgIpc) is 3.27. The number of piperazine rings is 1. The van der Waals surface area contributed by atoms with E-state index < -0.39 is 0 Å². The fourth-order valence-corrected chi connectivity index (χ4v) is 4.42. The maximum atomic E-state index is 14.0. The number of carbonyl (C=O) groups excluding carboxylic acids is 1. The fourth-order valence-electron chi connectivity index (χ4n) is 3.49. The minimum Gasteiger partial charge on any atom is -0.497 e. The third kappa shape index (κ3) is 4.54. The Kier molecular flexibility index (Phi) is 6.14. The van der Waals surface area contributed by atoms with Crippen molar-refractivity contribution < 1.29 is 13.9 Å². The van der Waals surface area contributed by atoms with E-state index in [2.05, 4.69) is 4.90 Å². The number of halogens is 1. The number of hydrogen-bond acceptors (Lipinski definition) is 4. The number of hydrogen-bond donors (Lipinski definition) is 0. The third-order valence-electron chi connectivity index (χ3n) is 5.19. The lowest BCUT2D eigenvalue weighted by atomic mass is 10.2. The van der Waals surface area contributed by atoms with Crippen molar-refractivity contribution in [2.24, 2.45) is 0 Å². The first-order valence-corrected chi connectivity index (χ1v) is 10.7. The van der Waals surface area contributed by atoms with E-state index in [4.69, 9.17) is 4.74 Å². The summed E-state index contributed by atoms with van der Waals surface area (Å²) in [5.74, 6) is 0.607. The number of ether oxygens (including phenoxy) is 1. The van der Waals surface area contributed by atoms with Gasteiger partial charge in [0.15, 0.2) is 0 Å². The molecule has 0 unspecified atom stereocenters. The Balaban J connectivity index is 1.34. The Hall–Kier alpha value is -3.12. The van der Waals surface area contributed by atoms with Crippen LogP contribution in [0.25, 0.3) is 16.5 Å². The standard InChI is InChI=1S/C24H23FN2O2S/c1-29-19-8-6-18(7-9-19)26-14-16-27(17-15-26)24(28)13-11-20-10-12-23(30-20)21-4-2-3-5-22(21)25/h2-13H,14-17H2,1H3/b13-11+. The van der Waals surface area contributed by atoms with Gasteiger partial charge in [-0.3, -0.25) is 4.79 Å². The molecule has 1 amide bonds. The van der Waals surface area contributed by atoms with Crippen molar-refractivity contribution in [3.63, 3.8) is 0 Å². The number of nitrogens with zero attached hydrogens (tertiary/aromatic N) is 2. The lowest BCUT2D eigenvalue weighted by Gasteiger charge is -2.35. The molecule has 1 saturated heterocycles. The molecule has 0 N–H and O–H groups in total. The van der Waals surface area contributed by atoms with Gasteiger partial charge < -0.3 is 14.5 Å². The molecule has 1 aliphatic rings.